The maximum atomic E-state index is 8.87. The van der Waals surface area contributed by atoms with Crippen molar-refractivity contribution >= 4 is 5.71 Å². The molecule has 0 aliphatic rings. The summed E-state index contributed by atoms with van der Waals surface area (Å²) in [5.41, 5.74) is 1.75. The van der Waals surface area contributed by atoms with Crippen molar-refractivity contribution in [3.63, 3.8) is 0 Å². The quantitative estimate of drug-likeness (QED) is 0.315. The van der Waals surface area contributed by atoms with Crippen LogP contribution in [0.1, 0.15) is 59.8 Å². The van der Waals surface area contributed by atoms with Crippen LogP contribution in [0.3, 0.4) is 0 Å². The second kappa shape index (κ2) is 10.6. The molecule has 2 heteroatoms. The van der Waals surface area contributed by atoms with Gasteiger partial charge in [-0.1, -0.05) is 53.2 Å². The molecule has 0 bridgehead atoms. The zero-order valence-corrected chi connectivity index (χ0v) is 12.9. The summed E-state index contributed by atoms with van der Waals surface area (Å²) in [6.07, 6.45) is 8.96. The van der Waals surface area contributed by atoms with Gasteiger partial charge in [-0.3, -0.25) is 4.99 Å². The molecule has 106 valence electrons. The van der Waals surface area contributed by atoms with Crippen molar-refractivity contribution in [3.05, 3.63) is 24.4 Å². The van der Waals surface area contributed by atoms with Gasteiger partial charge in [0.15, 0.2) is 0 Å². The SMILES string of the molecule is C=C/C(C#N)=C\N=C(CC)C(CCC)CCC(C)C. The van der Waals surface area contributed by atoms with Crippen LogP contribution in [0, 0.1) is 23.2 Å². The fraction of sp³-hybridized carbons (Fsp3) is 0.647. The van der Waals surface area contributed by atoms with Gasteiger partial charge in [0.25, 0.3) is 0 Å². The molecule has 19 heavy (non-hydrogen) atoms. The number of aliphatic imine (C=N–C) groups is 1. The lowest BCUT2D eigenvalue weighted by Gasteiger charge is -2.18. The Labute approximate surface area is 118 Å². The number of hydrogen-bond acceptors (Lipinski definition) is 2. The van der Waals surface area contributed by atoms with Gasteiger partial charge in [0.2, 0.25) is 0 Å². The molecule has 0 saturated carbocycles. The van der Waals surface area contributed by atoms with E-state index in [-0.39, 0.29) is 0 Å². The van der Waals surface area contributed by atoms with Gasteiger partial charge >= 0.3 is 0 Å². The molecule has 0 saturated heterocycles. The second-order valence-electron chi connectivity index (χ2n) is 5.33. The van der Waals surface area contributed by atoms with Gasteiger partial charge in [0, 0.05) is 11.9 Å². The highest BCUT2D eigenvalue weighted by Gasteiger charge is 2.14. The van der Waals surface area contributed by atoms with E-state index in [0.29, 0.717) is 11.5 Å². The molecule has 0 spiro atoms. The first-order valence-corrected chi connectivity index (χ1v) is 7.38. The maximum absolute atomic E-state index is 8.87. The largest absolute Gasteiger partial charge is 0.264 e. The normalized spacial score (nSPS) is 14.3. The van der Waals surface area contributed by atoms with Crippen LogP contribution in [-0.2, 0) is 0 Å². The lowest BCUT2D eigenvalue weighted by molar-refractivity contribution is 0.472. The van der Waals surface area contributed by atoms with Crippen molar-refractivity contribution in [1.82, 2.24) is 0 Å². The molecule has 0 fully saturated rings. The highest BCUT2D eigenvalue weighted by molar-refractivity contribution is 5.87. The first kappa shape index (κ1) is 17.6. The molecular formula is C17H28N2. The third kappa shape index (κ3) is 7.62. The van der Waals surface area contributed by atoms with E-state index in [0.717, 1.165) is 12.3 Å². The zero-order chi connectivity index (χ0) is 14.7. The molecule has 1 unspecified atom stereocenters. The van der Waals surface area contributed by atoms with Gasteiger partial charge < -0.3 is 0 Å². The summed E-state index contributed by atoms with van der Waals surface area (Å²) >= 11 is 0. The van der Waals surface area contributed by atoms with Gasteiger partial charge in [-0.05, 0) is 31.1 Å². The highest BCUT2D eigenvalue weighted by atomic mass is 14.7. The van der Waals surface area contributed by atoms with E-state index in [9.17, 15) is 0 Å². The number of rotatable bonds is 9. The molecular weight excluding hydrogens is 232 g/mol. The summed E-state index contributed by atoms with van der Waals surface area (Å²) in [7, 11) is 0. The summed E-state index contributed by atoms with van der Waals surface area (Å²) in [4.78, 5) is 4.54. The van der Waals surface area contributed by atoms with Crippen LogP contribution < -0.4 is 0 Å². The zero-order valence-electron chi connectivity index (χ0n) is 12.9. The Hall–Kier alpha value is -1.36. The Balaban J connectivity index is 4.92. The summed E-state index contributed by atoms with van der Waals surface area (Å²) in [5.74, 6) is 1.29. The topological polar surface area (TPSA) is 36.1 Å². The van der Waals surface area contributed by atoms with Crippen molar-refractivity contribution in [1.29, 1.82) is 5.26 Å². The van der Waals surface area contributed by atoms with Crippen molar-refractivity contribution in [3.8, 4) is 6.07 Å². The highest BCUT2D eigenvalue weighted by Crippen LogP contribution is 2.21. The average molecular weight is 260 g/mol. The van der Waals surface area contributed by atoms with Crippen LogP contribution >= 0.6 is 0 Å². The molecule has 0 rings (SSSR count). The van der Waals surface area contributed by atoms with Gasteiger partial charge in [0.05, 0.1) is 5.57 Å². The van der Waals surface area contributed by atoms with Crippen molar-refractivity contribution < 1.29 is 0 Å². The van der Waals surface area contributed by atoms with E-state index in [1.807, 2.05) is 0 Å². The summed E-state index contributed by atoms with van der Waals surface area (Å²) in [5, 5.41) is 8.87. The fourth-order valence-electron chi connectivity index (χ4n) is 2.13. The van der Waals surface area contributed by atoms with Gasteiger partial charge in [0.1, 0.15) is 6.07 Å². The molecule has 0 amide bonds. The predicted molar refractivity (Wildman–Crippen MR) is 84.1 cm³/mol. The lowest BCUT2D eigenvalue weighted by Crippen LogP contribution is -2.14. The van der Waals surface area contributed by atoms with Gasteiger partial charge in [-0.25, -0.2) is 0 Å². The fourth-order valence-corrected chi connectivity index (χ4v) is 2.13. The molecule has 0 heterocycles. The van der Waals surface area contributed by atoms with E-state index < -0.39 is 0 Å². The number of allylic oxidation sites excluding steroid dienone is 2. The standard InChI is InChI=1S/C17H28N2/c1-6-9-16(11-10-14(4)5)17(8-3)19-13-15(7-2)12-18/h7,13-14,16H,2,6,8-11H2,1,3-5H3/b15-13+,19-17?. The molecule has 2 nitrogen and oxygen atoms in total. The minimum absolute atomic E-state index is 0.532. The third-order valence-electron chi connectivity index (χ3n) is 3.28. The monoisotopic (exact) mass is 260 g/mol. The van der Waals surface area contributed by atoms with Crippen LogP contribution in [0.2, 0.25) is 0 Å². The number of nitrogens with zero attached hydrogens (tertiary/aromatic N) is 2. The molecule has 0 aromatic carbocycles. The summed E-state index contributed by atoms with van der Waals surface area (Å²) < 4.78 is 0. The number of hydrogen-bond donors (Lipinski definition) is 0. The Bertz CT molecular complexity index is 356. The second-order valence-corrected chi connectivity index (χ2v) is 5.33. The van der Waals surface area contributed by atoms with E-state index in [1.54, 1.807) is 12.3 Å². The van der Waals surface area contributed by atoms with Crippen LogP contribution in [0.25, 0.3) is 0 Å². The Kier molecular flexibility index (Phi) is 9.80. The Morgan fingerprint density at radius 1 is 1.26 bits per heavy atom. The predicted octanol–water partition coefficient (Wildman–Crippen LogP) is 5.28. The summed E-state index contributed by atoms with van der Waals surface area (Å²) in [6, 6.07) is 2.09. The maximum Gasteiger partial charge on any atom is 0.101 e. The molecule has 0 aliphatic heterocycles. The molecule has 0 aliphatic carbocycles. The van der Waals surface area contributed by atoms with Crippen molar-refractivity contribution in [2.45, 2.75) is 59.8 Å². The minimum Gasteiger partial charge on any atom is -0.264 e. The van der Waals surface area contributed by atoms with Crippen molar-refractivity contribution in [2.24, 2.45) is 16.8 Å². The van der Waals surface area contributed by atoms with E-state index in [2.05, 4.69) is 45.3 Å². The molecule has 1 atom stereocenters. The van der Waals surface area contributed by atoms with E-state index in [4.69, 9.17) is 5.26 Å². The van der Waals surface area contributed by atoms with Crippen LogP contribution in [0.4, 0.5) is 0 Å². The molecule has 0 N–H and O–H groups in total. The third-order valence-corrected chi connectivity index (χ3v) is 3.28. The smallest absolute Gasteiger partial charge is 0.101 e. The average Bonchev–Trinajstić information content (AvgIpc) is 2.40. The van der Waals surface area contributed by atoms with Crippen LogP contribution in [0.15, 0.2) is 29.4 Å². The molecule has 0 aromatic rings. The van der Waals surface area contributed by atoms with E-state index in [1.165, 1.54) is 31.4 Å². The first-order valence-electron chi connectivity index (χ1n) is 7.38. The van der Waals surface area contributed by atoms with Crippen LogP contribution in [0.5, 0.6) is 0 Å². The van der Waals surface area contributed by atoms with Crippen LogP contribution in [-0.4, -0.2) is 5.71 Å². The molecule has 0 radical (unpaired) electrons. The Morgan fingerprint density at radius 3 is 2.37 bits per heavy atom. The molecule has 0 aromatic heterocycles. The van der Waals surface area contributed by atoms with E-state index >= 15 is 0 Å². The minimum atomic E-state index is 0.532. The number of nitriles is 1. The van der Waals surface area contributed by atoms with Gasteiger partial charge in [-0.2, -0.15) is 5.26 Å². The van der Waals surface area contributed by atoms with Crippen molar-refractivity contribution in [2.75, 3.05) is 0 Å². The Morgan fingerprint density at radius 2 is 1.95 bits per heavy atom. The lowest BCUT2D eigenvalue weighted by atomic mass is 9.89. The summed E-state index contributed by atoms with van der Waals surface area (Å²) in [6.45, 7) is 12.5. The van der Waals surface area contributed by atoms with Gasteiger partial charge in [-0.15, -0.1) is 0 Å². The first-order chi connectivity index (χ1) is 9.08.